The van der Waals surface area contributed by atoms with E-state index in [0.29, 0.717) is 0 Å². The molecule has 4 heteroatoms. The summed E-state index contributed by atoms with van der Waals surface area (Å²) in [6, 6.07) is 18.7. The summed E-state index contributed by atoms with van der Waals surface area (Å²) >= 11 is 0. The van der Waals surface area contributed by atoms with Crippen LogP contribution < -0.4 is 0 Å². The van der Waals surface area contributed by atoms with Crippen LogP contribution >= 0.6 is 0 Å². The molecule has 0 N–H and O–H groups in total. The molecule has 0 heterocycles. The molecule has 0 unspecified atom stereocenters. The maximum atomic E-state index is 12.0. The van der Waals surface area contributed by atoms with Crippen molar-refractivity contribution >= 4 is 11.9 Å². The summed E-state index contributed by atoms with van der Waals surface area (Å²) < 4.78 is 10.4. The Morgan fingerprint density at radius 2 is 1.28 bits per heavy atom. The lowest BCUT2D eigenvalue weighted by molar-refractivity contribution is -0.140. The van der Waals surface area contributed by atoms with Crippen LogP contribution in [0.25, 0.3) is 0 Å². The predicted octanol–water partition coefficient (Wildman–Crippen LogP) is 3.98. The highest BCUT2D eigenvalue weighted by Gasteiger charge is 2.11. The smallest absolute Gasteiger partial charge is 0.337 e. The van der Waals surface area contributed by atoms with E-state index in [2.05, 4.69) is 6.58 Å². The molecule has 0 aliphatic heterocycles. The third kappa shape index (κ3) is 6.11. The van der Waals surface area contributed by atoms with Crippen molar-refractivity contribution in [2.24, 2.45) is 0 Å². The molecule has 4 nitrogen and oxygen atoms in total. The molecule has 0 bridgehead atoms. The summed E-state index contributed by atoms with van der Waals surface area (Å²) in [5.41, 5.74) is 2.17. The van der Waals surface area contributed by atoms with Crippen molar-refractivity contribution in [3.05, 3.63) is 95.6 Å². The normalized spacial score (nSPS) is 10.8. The maximum absolute atomic E-state index is 12.0. The van der Waals surface area contributed by atoms with Crippen LogP contribution in [0.4, 0.5) is 0 Å². The standard InChI is InChI=1S/C21H20O4/c1-16(20(22)24-14-18-9-5-3-6-10-18)13-17(2)21(23)25-15-19-11-7-4-8-12-19/h3-13H,1,14-15H2,2H3/b17-13+. The van der Waals surface area contributed by atoms with E-state index in [1.54, 1.807) is 6.92 Å². The summed E-state index contributed by atoms with van der Waals surface area (Å²) in [7, 11) is 0. The van der Waals surface area contributed by atoms with Crippen molar-refractivity contribution in [1.29, 1.82) is 0 Å². The number of hydrogen-bond acceptors (Lipinski definition) is 4. The van der Waals surface area contributed by atoms with Crippen molar-refractivity contribution in [2.45, 2.75) is 20.1 Å². The summed E-state index contributed by atoms with van der Waals surface area (Å²) in [5.74, 6) is -1.07. The number of ether oxygens (including phenoxy) is 2. The van der Waals surface area contributed by atoms with E-state index in [9.17, 15) is 9.59 Å². The summed E-state index contributed by atoms with van der Waals surface area (Å²) in [4.78, 5) is 23.9. The first-order valence-electron chi connectivity index (χ1n) is 7.85. The van der Waals surface area contributed by atoms with Gasteiger partial charge >= 0.3 is 11.9 Å². The average molecular weight is 336 g/mol. The molecule has 0 aliphatic carbocycles. The molecule has 0 aliphatic rings. The van der Waals surface area contributed by atoms with E-state index < -0.39 is 11.9 Å². The summed E-state index contributed by atoms with van der Waals surface area (Å²) in [5, 5.41) is 0. The number of rotatable bonds is 7. The van der Waals surface area contributed by atoms with Crippen LogP contribution in [0.15, 0.2) is 84.5 Å². The number of carbonyl (C=O) groups is 2. The van der Waals surface area contributed by atoms with E-state index >= 15 is 0 Å². The van der Waals surface area contributed by atoms with Crippen LogP contribution in [0.5, 0.6) is 0 Å². The fraction of sp³-hybridized carbons (Fsp3) is 0.143. The summed E-state index contributed by atoms with van der Waals surface area (Å²) in [6.07, 6.45) is 1.38. The van der Waals surface area contributed by atoms with Crippen LogP contribution in [0.2, 0.25) is 0 Å². The Morgan fingerprint density at radius 3 is 1.76 bits per heavy atom. The molecular weight excluding hydrogens is 316 g/mol. The van der Waals surface area contributed by atoms with Gasteiger partial charge in [0.2, 0.25) is 0 Å². The molecule has 2 aromatic carbocycles. The molecule has 0 saturated heterocycles. The van der Waals surface area contributed by atoms with Crippen molar-refractivity contribution in [3.8, 4) is 0 Å². The highest BCUT2D eigenvalue weighted by atomic mass is 16.5. The van der Waals surface area contributed by atoms with Crippen molar-refractivity contribution in [1.82, 2.24) is 0 Å². The zero-order chi connectivity index (χ0) is 18.1. The molecule has 25 heavy (non-hydrogen) atoms. The summed E-state index contributed by atoms with van der Waals surface area (Å²) in [6.45, 7) is 5.55. The molecule has 0 amide bonds. The quantitative estimate of drug-likeness (QED) is 0.436. The Balaban J connectivity index is 1.83. The van der Waals surface area contributed by atoms with E-state index in [-0.39, 0.29) is 24.4 Å². The van der Waals surface area contributed by atoms with Gasteiger partial charge in [0.05, 0.1) is 5.57 Å². The Hall–Kier alpha value is -3.14. The maximum Gasteiger partial charge on any atom is 0.337 e. The van der Waals surface area contributed by atoms with Crippen LogP contribution in [0, 0.1) is 0 Å². The molecule has 0 atom stereocenters. The number of carbonyl (C=O) groups excluding carboxylic acids is 2. The van der Waals surface area contributed by atoms with E-state index in [1.165, 1.54) is 6.08 Å². The molecule has 128 valence electrons. The second kappa shape index (κ2) is 9.23. The van der Waals surface area contributed by atoms with Gasteiger partial charge in [-0.25, -0.2) is 9.59 Å². The largest absolute Gasteiger partial charge is 0.457 e. The molecule has 0 fully saturated rings. The average Bonchev–Trinajstić information content (AvgIpc) is 2.65. The fourth-order valence-electron chi connectivity index (χ4n) is 2.03. The topological polar surface area (TPSA) is 52.6 Å². The zero-order valence-corrected chi connectivity index (χ0v) is 14.1. The molecule has 0 aromatic heterocycles. The molecular formula is C21H20O4. The lowest BCUT2D eigenvalue weighted by Gasteiger charge is -2.07. The van der Waals surface area contributed by atoms with E-state index in [4.69, 9.17) is 9.47 Å². The molecule has 2 rings (SSSR count). The van der Waals surface area contributed by atoms with Crippen molar-refractivity contribution in [3.63, 3.8) is 0 Å². The minimum Gasteiger partial charge on any atom is -0.457 e. The highest BCUT2D eigenvalue weighted by molar-refractivity contribution is 5.95. The Bertz CT molecular complexity index is 761. The lowest BCUT2D eigenvalue weighted by atomic mass is 10.2. The third-order valence-electron chi connectivity index (χ3n) is 3.40. The van der Waals surface area contributed by atoms with E-state index in [1.807, 2.05) is 60.7 Å². The second-order valence-corrected chi connectivity index (χ2v) is 5.48. The third-order valence-corrected chi connectivity index (χ3v) is 3.40. The lowest BCUT2D eigenvalue weighted by Crippen LogP contribution is -2.09. The zero-order valence-electron chi connectivity index (χ0n) is 14.1. The Kier molecular flexibility index (Phi) is 6.72. The predicted molar refractivity (Wildman–Crippen MR) is 95.4 cm³/mol. The van der Waals surface area contributed by atoms with Crippen LogP contribution in [0.3, 0.4) is 0 Å². The van der Waals surface area contributed by atoms with Gasteiger partial charge in [-0.1, -0.05) is 67.2 Å². The monoisotopic (exact) mass is 336 g/mol. The minimum atomic E-state index is -0.570. The van der Waals surface area contributed by atoms with Gasteiger partial charge in [0.1, 0.15) is 13.2 Å². The van der Waals surface area contributed by atoms with E-state index in [0.717, 1.165) is 11.1 Å². The minimum absolute atomic E-state index is 0.102. The molecule has 2 aromatic rings. The van der Waals surface area contributed by atoms with Gasteiger partial charge in [-0.15, -0.1) is 0 Å². The van der Waals surface area contributed by atoms with Crippen LogP contribution in [-0.2, 0) is 32.3 Å². The highest BCUT2D eigenvalue weighted by Crippen LogP contribution is 2.09. The number of esters is 2. The van der Waals surface area contributed by atoms with Gasteiger partial charge in [0.15, 0.2) is 0 Å². The first-order chi connectivity index (χ1) is 12.1. The first kappa shape index (κ1) is 18.2. The second-order valence-electron chi connectivity index (χ2n) is 5.48. The molecule has 0 radical (unpaired) electrons. The van der Waals surface area contributed by atoms with Crippen molar-refractivity contribution in [2.75, 3.05) is 0 Å². The van der Waals surface area contributed by atoms with Gasteiger partial charge in [-0.05, 0) is 24.1 Å². The van der Waals surface area contributed by atoms with Crippen LogP contribution in [-0.4, -0.2) is 11.9 Å². The molecule has 0 spiro atoms. The Morgan fingerprint density at radius 1 is 0.840 bits per heavy atom. The van der Waals surface area contributed by atoms with Crippen LogP contribution in [0.1, 0.15) is 18.1 Å². The number of hydrogen-bond donors (Lipinski definition) is 0. The Labute approximate surface area is 147 Å². The first-order valence-corrected chi connectivity index (χ1v) is 7.85. The van der Waals surface area contributed by atoms with Gasteiger partial charge in [0.25, 0.3) is 0 Å². The van der Waals surface area contributed by atoms with Gasteiger partial charge in [-0.2, -0.15) is 0 Å². The van der Waals surface area contributed by atoms with Gasteiger partial charge in [-0.3, -0.25) is 0 Å². The molecule has 0 saturated carbocycles. The van der Waals surface area contributed by atoms with Crippen molar-refractivity contribution < 1.29 is 19.1 Å². The van der Waals surface area contributed by atoms with Gasteiger partial charge in [0, 0.05) is 5.57 Å². The number of benzene rings is 2. The SMILES string of the molecule is C=C(/C=C(\C)C(=O)OCc1ccccc1)C(=O)OCc1ccccc1. The van der Waals surface area contributed by atoms with Gasteiger partial charge < -0.3 is 9.47 Å². The fourth-order valence-corrected chi connectivity index (χ4v) is 2.03.